The smallest absolute Gasteiger partial charge is 0.270 e. The Bertz CT molecular complexity index is 1250. The molecule has 1 unspecified atom stereocenters. The monoisotopic (exact) mass is 516 g/mol. The molecular weight excluding hydrogens is 499 g/mol. The maximum Gasteiger partial charge on any atom is 0.270 e. The van der Waals surface area contributed by atoms with E-state index in [4.69, 9.17) is 32.7 Å². The van der Waals surface area contributed by atoms with Crippen LogP contribution in [0.25, 0.3) is 0 Å². The highest BCUT2D eigenvalue weighted by molar-refractivity contribution is 7.91. The maximum atomic E-state index is 12.8. The summed E-state index contributed by atoms with van der Waals surface area (Å²) in [6.45, 7) is 1.65. The lowest BCUT2D eigenvalue weighted by atomic mass is 10.1. The van der Waals surface area contributed by atoms with Gasteiger partial charge in [-0.15, -0.1) is 10.2 Å². The van der Waals surface area contributed by atoms with Crippen molar-refractivity contribution in [3.63, 3.8) is 0 Å². The summed E-state index contributed by atoms with van der Waals surface area (Å²) in [4.78, 5) is 12.4. The number of hydrogen-bond acceptors (Lipinski definition) is 8. The number of anilines is 1. The summed E-state index contributed by atoms with van der Waals surface area (Å²) in [5.74, 6) is 0.467. The Labute approximate surface area is 198 Å². The Morgan fingerprint density at radius 2 is 1.84 bits per heavy atom. The van der Waals surface area contributed by atoms with Crippen LogP contribution in [0.15, 0.2) is 40.7 Å². The van der Waals surface area contributed by atoms with Crippen LogP contribution in [0.1, 0.15) is 28.9 Å². The minimum absolute atomic E-state index is 0.00648. The molecule has 0 saturated carbocycles. The van der Waals surface area contributed by atoms with Gasteiger partial charge in [0.15, 0.2) is 0 Å². The van der Waals surface area contributed by atoms with E-state index in [1.54, 1.807) is 25.1 Å². The number of halogens is 2. The summed E-state index contributed by atoms with van der Waals surface area (Å²) in [5, 5.41) is 10.4. The van der Waals surface area contributed by atoms with Crippen LogP contribution in [-0.4, -0.2) is 38.7 Å². The van der Waals surface area contributed by atoms with Crippen molar-refractivity contribution in [3.8, 4) is 11.5 Å². The Morgan fingerprint density at radius 1 is 1.09 bits per heavy atom. The second-order valence-corrected chi connectivity index (χ2v) is 10.1. The summed E-state index contributed by atoms with van der Waals surface area (Å²) in [6.07, 6.45) is 0. The fourth-order valence-electron chi connectivity index (χ4n) is 2.73. The van der Waals surface area contributed by atoms with E-state index in [1.807, 2.05) is 0 Å². The zero-order valence-corrected chi connectivity index (χ0v) is 20.2. The topological polar surface area (TPSA) is 120 Å². The number of aromatic nitrogens is 2. The fourth-order valence-corrected chi connectivity index (χ4v) is 5.36. The third kappa shape index (κ3) is 5.48. The fraction of sp³-hybridized carbons (Fsp3) is 0.211. The van der Waals surface area contributed by atoms with Crippen LogP contribution < -0.4 is 19.5 Å². The van der Waals surface area contributed by atoms with E-state index in [2.05, 4.69) is 20.2 Å². The molecule has 1 heterocycles. The van der Waals surface area contributed by atoms with Crippen molar-refractivity contribution in [2.24, 2.45) is 0 Å². The van der Waals surface area contributed by atoms with Crippen LogP contribution in [0.2, 0.25) is 10.0 Å². The summed E-state index contributed by atoms with van der Waals surface area (Å²) in [6, 6.07) is 8.77. The van der Waals surface area contributed by atoms with E-state index < -0.39 is 22.0 Å². The molecule has 0 aliphatic heterocycles. The van der Waals surface area contributed by atoms with Crippen LogP contribution in [0.5, 0.6) is 11.5 Å². The second kappa shape index (κ2) is 10.0. The molecule has 0 radical (unpaired) electrons. The zero-order chi connectivity index (χ0) is 23.5. The zero-order valence-electron chi connectivity index (χ0n) is 17.0. The number of sulfonamides is 1. The first-order valence-electron chi connectivity index (χ1n) is 8.98. The lowest BCUT2D eigenvalue weighted by molar-refractivity contribution is 0.102. The third-order valence-corrected chi connectivity index (χ3v) is 7.56. The molecule has 2 N–H and O–H groups in total. The summed E-state index contributed by atoms with van der Waals surface area (Å²) < 4.78 is 38.3. The maximum absolute atomic E-state index is 12.8. The van der Waals surface area contributed by atoms with Crippen LogP contribution in [0.3, 0.4) is 0 Å². The molecular formula is C19H18Cl2N4O5S2. The highest BCUT2D eigenvalue weighted by Gasteiger charge is 2.25. The molecule has 0 saturated heterocycles. The molecule has 3 aromatic rings. The van der Waals surface area contributed by atoms with Crippen LogP contribution in [-0.2, 0) is 10.0 Å². The number of ether oxygens (including phenoxy) is 2. The molecule has 0 spiro atoms. The quantitative estimate of drug-likeness (QED) is 0.431. The Balaban J connectivity index is 1.77. The molecule has 3 rings (SSSR count). The van der Waals surface area contributed by atoms with Crippen molar-refractivity contribution in [2.45, 2.75) is 17.3 Å². The first-order chi connectivity index (χ1) is 15.1. The van der Waals surface area contributed by atoms with Gasteiger partial charge in [-0.05, 0) is 43.3 Å². The minimum Gasteiger partial charge on any atom is -0.497 e. The lowest BCUT2D eigenvalue weighted by Gasteiger charge is -2.17. The van der Waals surface area contributed by atoms with Gasteiger partial charge in [0, 0.05) is 16.6 Å². The van der Waals surface area contributed by atoms with Gasteiger partial charge in [0.25, 0.3) is 15.9 Å². The van der Waals surface area contributed by atoms with Gasteiger partial charge in [0.1, 0.15) is 11.5 Å². The predicted octanol–water partition coefficient (Wildman–Crippen LogP) is 4.15. The number of methoxy groups -OCH3 is 2. The minimum atomic E-state index is -4.04. The lowest BCUT2D eigenvalue weighted by Crippen LogP contribution is -2.27. The number of carbonyl (C=O) groups is 1. The number of amides is 1. The average molecular weight is 517 g/mol. The molecule has 0 aliphatic rings. The SMILES string of the molecule is COc1ccc(OC)c(C(C)NS(=O)(=O)c2nnc(NC(=O)c3ccc(Cl)cc3Cl)s2)c1. The van der Waals surface area contributed by atoms with Gasteiger partial charge in [-0.2, -0.15) is 0 Å². The van der Waals surface area contributed by atoms with Crippen molar-refractivity contribution in [1.82, 2.24) is 14.9 Å². The molecule has 9 nitrogen and oxygen atoms in total. The molecule has 0 fully saturated rings. The van der Waals surface area contributed by atoms with Gasteiger partial charge >= 0.3 is 0 Å². The molecule has 32 heavy (non-hydrogen) atoms. The number of nitrogens with one attached hydrogen (secondary N) is 2. The van der Waals surface area contributed by atoms with Crippen molar-refractivity contribution in [2.75, 3.05) is 19.5 Å². The van der Waals surface area contributed by atoms with E-state index in [-0.39, 0.29) is 20.1 Å². The first kappa shape index (κ1) is 24.2. The van der Waals surface area contributed by atoms with Crippen LogP contribution in [0, 0.1) is 0 Å². The number of carbonyl (C=O) groups excluding carboxylic acids is 1. The average Bonchev–Trinajstić information content (AvgIpc) is 3.22. The van der Waals surface area contributed by atoms with Gasteiger partial charge in [0.2, 0.25) is 9.47 Å². The molecule has 13 heteroatoms. The normalized spacial score (nSPS) is 12.3. The molecule has 2 aromatic carbocycles. The second-order valence-electron chi connectivity index (χ2n) is 6.40. The molecule has 0 aliphatic carbocycles. The molecule has 170 valence electrons. The van der Waals surface area contributed by atoms with Crippen LogP contribution >= 0.6 is 34.5 Å². The van der Waals surface area contributed by atoms with Gasteiger partial charge in [-0.1, -0.05) is 34.5 Å². The number of rotatable bonds is 8. The van der Waals surface area contributed by atoms with Gasteiger partial charge in [-0.3, -0.25) is 10.1 Å². The molecule has 1 aromatic heterocycles. The van der Waals surface area contributed by atoms with Crippen LogP contribution in [0.4, 0.5) is 5.13 Å². The number of benzene rings is 2. The molecule has 1 atom stereocenters. The van der Waals surface area contributed by atoms with Crippen molar-refractivity contribution in [1.29, 1.82) is 0 Å². The summed E-state index contributed by atoms with van der Waals surface area (Å²) in [5.41, 5.74) is 0.735. The number of hydrogen-bond donors (Lipinski definition) is 2. The standard InChI is InChI=1S/C19H18Cl2N4O5S2/c1-10(14-9-12(29-2)5-7-16(14)30-3)25-32(27,28)19-24-23-18(31-19)22-17(26)13-6-4-11(20)8-15(13)21/h4-10,25H,1-3H3,(H,22,23,26). The van der Waals surface area contributed by atoms with E-state index >= 15 is 0 Å². The largest absolute Gasteiger partial charge is 0.497 e. The molecule has 0 bridgehead atoms. The Hall–Kier alpha value is -2.44. The highest BCUT2D eigenvalue weighted by Crippen LogP contribution is 2.31. The Kier molecular flexibility index (Phi) is 7.57. The number of nitrogens with zero attached hydrogens (tertiary/aromatic N) is 2. The van der Waals surface area contributed by atoms with Crippen molar-refractivity contribution >= 4 is 55.6 Å². The predicted molar refractivity (Wildman–Crippen MR) is 123 cm³/mol. The van der Waals surface area contributed by atoms with Gasteiger partial charge < -0.3 is 9.47 Å². The van der Waals surface area contributed by atoms with Gasteiger partial charge in [-0.25, -0.2) is 13.1 Å². The third-order valence-electron chi connectivity index (χ3n) is 4.27. The van der Waals surface area contributed by atoms with Gasteiger partial charge in [0.05, 0.1) is 24.8 Å². The van der Waals surface area contributed by atoms with E-state index in [0.29, 0.717) is 33.4 Å². The summed E-state index contributed by atoms with van der Waals surface area (Å²) >= 11 is 12.6. The molecule has 1 amide bonds. The van der Waals surface area contributed by atoms with Crippen molar-refractivity contribution < 1.29 is 22.7 Å². The van der Waals surface area contributed by atoms with Crippen molar-refractivity contribution in [3.05, 3.63) is 57.6 Å². The first-order valence-corrected chi connectivity index (χ1v) is 12.0. The Morgan fingerprint density at radius 3 is 2.50 bits per heavy atom. The highest BCUT2D eigenvalue weighted by atomic mass is 35.5. The van der Waals surface area contributed by atoms with E-state index in [9.17, 15) is 13.2 Å². The van der Waals surface area contributed by atoms with E-state index in [0.717, 1.165) is 0 Å². The van der Waals surface area contributed by atoms with E-state index in [1.165, 1.54) is 32.4 Å². The summed E-state index contributed by atoms with van der Waals surface area (Å²) in [7, 11) is -1.05.